The number of hydrogen-bond acceptors (Lipinski definition) is 4. The Kier molecular flexibility index (Phi) is 6.40. The zero-order chi connectivity index (χ0) is 22.5. The fourth-order valence-electron chi connectivity index (χ4n) is 3.85. The molecule has 1 aromatic heterocycles. The number of hydrogen-bond donors (Lipinski definition) is 1. The van der Waals surface area contributed by atoms with E-state index in [1.54, 1.807) is 18.9 Å². The van der Waals surface area contributed by atoms with E-state index in [4.69, 9.17) is 14.6 Å². The molecule has 6 heteroatoms. The predicted molar refractivity (Wildman–Crippen MR) is 126 cm³/mol. The maximum Gasteiger partial charge on any atom is 0.244 e. The third kappa shape index (κ3) is 4.30. The van der Waals surface area contributed by atoms with Crippen molar-refractivity contribution in [2.24, 2.45) is 0 Å². The first kappa shape index (κ1) is 21.4. The van der Waals surface area contributed by atoms with E-state index < -0.39 is 6.04 Å². The van der Waals surface area contributed by atoms with Crippen molar-refractivity contribution in [3.63, 3.8) is 0 Å². The number of nitrogens with zero attached hydrogens (tertiary/aromatic N) is 2. The molecule has 6 nitrogen and oxygen atoms in total. The van der Waals surface area contributed by atoms with E-state index in [9.17, 15) is 4.79 Å². The molecule has 0 aliphatic carbocycles. The molecule has 0 saturated carbocycles. The Morgan fingerprint density at radius 2 is 1.75 bits per heavy atom. The number of amides is 1. The number of nitrogens with one attached hydrogen (secondary N) is 1. The second kappa shape index (κ2) is 9.56. The molecule has 0 aliphatic rings. The zero-order valence-corrected chi connectivity index (χ0v) is 18.5. The van der Waals surface area contributed by atoms with Crippen molar-refractivity contribution >= 4 is 16.8 Å². The Morgan fingerprint density at radius 1 is 1.00 bits per heavy atom. The highest BCUT2D eigenvalue weighted by Gasteiger charge is 2.21. The summed E-state index contributed by atoms with van der Waals surface area (Å²) in [5.41, 5.74) is 3.82. The van der Waals surface area contributed by atoms with Gasteiger partial charge in [-0.2, -0.15) is 5.10 Å². The van der Waals surface area contributed by atoms with Gasteiger partial charge in [-0.25, -0.2) is 0 Å². The van der Waals surface area contributed by atoms with Crippen LogP contribution in [-0.2, 0) is 11.2 Å². The first-order valence-corrected chi connectivity index (χ1v) is 10.6. The molecule has 1 N–H and O–H groups in total. The van der Waals surface area contributed by atoms with Crippen LogP contribution in [0.25, 0.3) is 22.2 Å². The summed E-state index contributed by atoms with van der Waals surface area (Å²) in [5, 5.41) is 8.88. The first-order chi connectivity index (χ1) is 15.6. The molecular weight excluding hydrogens is 402 g/mol. The Bertz CT molecular complexity index is 1220. The molecule has 4 rings (SSSR count). The predicted octanol–water partition coefficient (Wildman–Crippen LogP) is 4.64. The van der Waals surface area contributed by atoms with Gasteiger partial charge in [0.2, 0.25) is 5.91 Å². The van der Waals surface area contributed by atoms with Crippen LogP contribution in [-0.4, -0.2) is 36.5 Å². The smallest absolute Gasteiger partial charge is 0.244 e. The lowest BCUT2D eigenvalue weighted by Crippen LogP contribution is -2.33. The van der Waals surface area contributed by atoms with Gasteiger partial charge in [0.25, 0.3) is 0 Å². The fourth-order valence-corrected chi connectivity index (χ4v) is 3.85. The van der Waals surface area contributed by atoms with Crippen LogP contribution in [0.2, 0.25) is 0 Å². The van der Waals surface area contributed by atoms with Gasteiger partial charge in [-0.3, -0.25) is 9.48 Å². The lowest BCUT2D eigenvalue weighted by molar-refractivity contribution is -0.124. The summed E-state index contributed by atoms with van der Waals surface area (Å²) in [5.74, 6) is 1.45. The molecule has 32 heavy (non-hydrogen) atoms. The van der Waals surface area contributed by atoms with Gasteiger partial charge in [0.15, 0.2) is 0 Å². The number of carbonyl (C=O) groups excluding carboxylic acids is 1. The first-order valence-electron chi connectivity index (χ1n) is 10.6. The van der Waals surface area contributed by atoms with Crippen LogP contribution in [0.5, 0.6) is 11.5 Å². The molecule has 1 heterocycles. The molecule has 0 aliphatic heterocycles. The van der Waals surface area contributed by atoms with Gasteiger partial charge in [-0.1, -0.05) is 48.5 Å². The van der Waals surface area contributed by atoms with Crippen molar-refractivity contribution in [1.29, 1.82) is 0 Å². The minimum atomic E-state index is -0.454. The second-order valence-electron chi connectivity index (χ2n) is 7.57. The number of benzene rings is 3. The number of carbonyl (C=O) groups is 1. The summed E-state index contributed by atoms with van der Waals surface area (Å²) in [6.07, 6.45) is 0.633. The van der Waals surface area contributed by atoms with Gasteiger partial charge >= 0.3 is 0 Å². The Balaban J connectivity index is 1.51. The standard InChI is InChI=1S/C26H27N3O3/c1-18(26(30)27-16-15-20-17-21(31-2)13-14-24(20)32-3)29-23-12-8-7-11-22(23)25(28-29)19-9-5-4-6-10-19/h4-14,17-18H,15-16H2,1-3H3,(H,27,30)/t18-/m1/s1. The third-order valence-electron chi connectivity index (χ3n) is 5.59. The average molecular weight is 430 g/mol. The molecule has 0 unspecified atom stereocenters. The highest BCUT2D eigenvalue weighted by molar-refractivity contribution is 5.94. The quantitative estimate of drug-likeness (QED) is 0.443. The summed E-state index contributed by atoms with van der Waals surface area (Å²) in [7, 11) is 3.27. The van der Waals surface area contributed by atoms with E-state index in [1.807, 2.05) is 79.7 Å². The Morgan fingerprint density at radius 3 is 2.50 bits per heavy atom. The number of fused-ring (bicyclic) bond motifs is 1. The van der Waals surface area contributed by atoms with E-state index >= 15 is 0 Å². The summed E-state index contributed by atoms with van der Waals surface area (Å²) in [4.78, 5) is 13.0. The molecule has 164 valence electrons. The van der Waals surface area contributed by atoms with E-state index in [0.717, 1.165) is 39.2 Å². The summed E-state index contributed by atoms with van der Waals surface area (Å²) < 4.78 is 12.5. The van der Waals surface area contributed by atoms with Gasteiger partial charge in [0, 0.05) is 17.5 Å². The van der Waals surface area contributed by atoms with E-state index in [-0.39, 0.29) is 5.91 Å². The topological polar surface area (TPSA) is 65.4 Å². The van der Waals surface area contributed by atoms with Crippen LogP contribution in [0.15, 0.2) is 72.8 Å². The van der Waals surface area contributed by atoms with Gasteiger partial charge in [-0.15, -0.1) is 0 Å². The molecule has 0 saturated heterocycles. The molecule has 0 radical (unpaired) electrons. The third-order valence-corrected chi connectivity index (χ3v) is 5.59. The number of aromatic nitrogens is 2. The number of ether oxygens (including phenoxy) is 2. The largest absolute Gasteiger partial charge is 0.497 e. The van der Waals surface area contributed by atoms with Crippen molar-refractivity contribution < 1.29 is 14.3 Å². The maximum atomic E-state index is 13.0. The van der Waals surface area contributed by atoms with Crippen LogP contribution in [0.3, 0.4) is 0 Å². The lowest BCUT2D eigenvalue weighted by Gasteiger charge is -2.15. The fraction of sp³-hybridized carbons (Fsp3) is 0.231. The average Bonchev–Trinajstić information content (AvgIpc) is 3.23. The second-order valence-corrected chi connectivity index (χ2v) is 7.57. The van der Waals surface area contributed by atoms with Crippen molar-refractivity contribution in [3.05, 3.63) is 78.4 Å². The minimum absolute atomic E-state index is 0.0836. The Hall–Kier alpha value is -3.80. The maximum absolute atomic E-state index is 13.0. The molecule has 3 aromatic carbocycles. The van der Waals surface area contributed by atoms with Gasteiger partial charge in [0.05, 0.1) is 19.7 Å². The highest BCUT2D eigenvalue weighted by atomic mass is 16.5. The number of rotatable bonds is 8. The molecular formula is C26H27N3O3. The molecule has 1 amide bonds. The molecule has 4 aromatic rings. The molecule has 0 spiro atoms. The highest BCUT2D eigenvalue weighted by Crippen LogP contribution is 2.29. The molecule has 1 atom stereocenters. The van der Waals surface area contributed by atoms with Gasteiger partial charge in [0.1, 0.15) is 23.2 Å². The van der Waals surface area contributed by atoms with Gasteiger partial charge in [-0.05, 0) is 43.2 Å². The van der Waals surface area contributed by atoms with Crippen molar-refractivity contribution in [1.82, 2.24) is 15.1 Å². The van der Waals surface area contributed by atoms with E-state index in [0.29, 0.717) is 13.0 Å². The Labute approximate surface area is 187 Å². The summed E-state index contributed by atoms with van der Waals surface area (Å²) in [6, 6.07) is 23.2. The summed E-state index contributed by atoms with van der Waals surface area (Å²) >= 11 is 0. The van der Waals surface area contributed by atoms with Crippen LogP contribution in [0.4, 0.5) is 0 Å². The van der Waals surface area contributed by atoms with E-state index in [1.165, 1.54) is 0 Å². The lowest BCUT2D eigenvalue weighted by atomic mass is 10.1. The minimum Gasteiger partial charge on any atom is -0.497 e. The zero-order valence-electron chi connectivity index (χ0n) is 18.5. The summed E-state index contributed by atoms with van der Waals surface area (Å²) in [6.45, 7) is 2.35. The van der Waals surface area contributed by atoms with Crippen LogP contribution < -0.4 is 14.8 Å². The van der Waals surface area contributed by atoms with Crippen LogP contribution >= 0.6 is 0 Å². The monoisotopic (exact) mass is 429 g/mol. The molecule has 0 fully saturated rings. The van der Waals surface area contributed by atoms with E-state index in [2.05, 4.69) is 5.32 Å². The normalized spacial score (nSPS) is 11.8. The van der Waals surface area contributed by atoms with Crippen molar-refractivity contribution in [3.8, 4) is 22.8 Å². The van der Waals surface area contributed by atoms with Crippen LogP contribution in [0, 0.1) is 0 Å². The SMILES string of the molecule is COc1ccc(OC)c(CCNC(=O)[C@@H](C)n2nc(-c3ccccc3)c3ccccc32)c1. The van der Waals surface area contributed by atoms with Crippen molar-refractivity contribution in [2.45, 2.75) is 19.4 Å². The van der Waals surface area contributed by atoms with Crippen molar-refractivity contribution in [2.75, 3.05) is 20.8 Å². The number of para-hydroxylation sites is 1. The van der Waals surface area contributed by atoms with Gasteiger partial charge < -0.3 is 14.8 Å². The number of methoxy groups -OCH3 is 2. The molecule has 0 bridgehead atoms. The van der Waals surface area contributed by atoms with Crippen LogP contribution in [0.1, 0.15) is 18.5 Å².